The molecule has 3 aromatic carbocycles. The van der Waals surface area contributed by atoms with Crippen molar-refractivity contribution < 1.29 is 45.9 Å². The number of amides is 2. The standard InChI is InChI=1S/C25H22F3N3O7S/c26-25(27,28)17-7-4-8-20(11-17)39(35,36)31-14-19(13-23(32)30-37-15-16-5-2-1-3-6-16)38-22-10-9-18(12-21(22)31)29-24(33)34/h1-12,19,29H,13-15H2,(H,30,32)(H,33,34). The maximum Gasteiger partial charge on any atom is 0.416 e. The highest BCUT2D eigenvalue weighted by atomic mass is 32.2. The van der Waals surface area contributed by atoms with Gasteiger partial charge >= 0.3 is 12.3 Å². The van der Waals surface area contributed by atoms with Crippen LogP contribution in [0, 0.1) is 0 Å². The van der Waals surface area contributed by atoms with Crippen LogP contribution in [0.3, 0.4) is 0 Å². The van der Waals surface area contributed by atoms with Crippen LogP contribution in [0.1, 0.15) is 17.5 Å². The van der Waals surface area contributed by atoms with Crippen molar-refractivity contribution >= 4 is 33.4 Å². The first-order valence-corrected chi connectivity index (χ1v) is 12.8. The molecular weight excluding hydrogens is 543 g/mol. The Balaban J connectivity index is 1.59. The number of carbonyl (C=O) groups is 2. The summed E-state index contributed by atoms with van der Waals surface area (Å²) in [5.41, 5.74) is 1.77. The summed E-state index contributed by atoms with van der Waals surface area (Å²) >= 11 is 0. The van der Waals surface area contributed by atoms with Gasteiger partial charge in [0.2, 0.25) is 5.91 Å². The smallest absolute Gasteiger partial charge is 0.416 e. The van der Waals surface area contributed by atoms with Gasteiger partial charge in [-0.1, -0.05) is 36.4 Å². The number of halogens is 3. The van der Waals surface area contributed by atoms with E-state index in [1.165, 1.54) is 18.2 Å². The molecule has 0 saturated heterocycles. The summed E-state index contributed by atoms with van der Waals surface area (Å²) in [4.78, 5) is 28.1. The number of nitrogens with one attached hydrogen (secondary N) is 2. The minimum Gasteiger partial charge on any atom is -0.486 e. The normalized spacial score (nSPS) is 15.2. The summed E-state index contributed by atoms with van der Waals surface area (Å²) in [5, 5.41) is 11.1. The molecule has 14 heteroatoms. The highest BCUT2D eigenvalue weighted by Gasteiger charge is 2.37. The summed E-state index contributed by atoms with van der Waals surface area (Å²) in [7, 11) is -4.61. The number of sulfonamides is 1. The number of rotatable bonds is 8. The van der Waals surface area contributed by atoms with E-state index in [4.69, 9.17) is 14.7 Å². The molecule has 0 spiro atoms. The lowest BCUT2D eigenvalue weighted by atomic mass is 10.1. The number of hydroxylamine groups is 1. The van der Waals surface area contributed by atoms with Crippen molar-refractivity contribution in [3.8, 4) is 5.75 Å². The van der Waals surface area contributed by atoms with Crippen molar-refractivity contribution in [1.29, 1.82) is 0 Å². The SMILES string of the molecule is O=C(O)Nc1ccc2c(c1)N(S(=O)(=O)c1cccc(C(F)(F)F)c1)CC(CC(=O)NOCc1ccccc1)O2. The number of carbonyl (C=O) groups excluding carboxylic acids is 1. The molecule has 0 saturated carbocycles. The lowest BCUT2D eigenvalue weighted by Gasteiger charge is -2.35. The predicted octanol–water partition coefficient (Wildman–Crippen LogP) is 4.39. The molecule has 0 aliphatic carbocycles. The number of anilines is 2. The van der Waals surface area contributed by atoms with Crippen LogP contribution in [0.5, 0.6) is 5.75 Å². The number of nitrogens with zero attached hydrogens (tertiary/aromatic N) is 1. The molecule has 206 valence electrons. The second kappa shape index (κ2) is 11.2. The highest BCUT2D eigenvalue weighted by Crippen LogP contribution is 2.40. The zero-order chi connectivity index (χ0) is 28.2. The minimum atomic E-state index is -4.78. The van der Waals surface area contributed by atoms with E-state index in [-0.39, 0.29) is 30.2 Å². The average Bonchev–Trinajstić information content (AvgIpc) is 2.88. The zero-order valence-corrected chi connectivity index (χ0v) is 20.8. The van der Waals surface area contributed by atoms with Crippen LogP contribution in [-0.2, 0) is 32.4 Å². The number of hydrogen-bond acceptors (Lipinski definition) is 6. The first kappa shape index (κ1) is 27.7. The van der Waals surface area contributed by atoms with Crippen LogP contribution in [0.25, 0.3) is 0 Å². The van der Waals surface area contributed by atoms with Crippen LogP contribution in [0.2, 0.25) is 0 Å². The van der Waals surface area contributed by atoms with E-state index in [1.54, 1.807) is 24.3 Å². The van der Waals surface area contributed by atoms with E-state index in [9.17, 15) is 31.2 Å². The van der Waals surface area contributed by atoms with E-state index >= 15 is 0 Å². The molecule has 0 fully saturated rings. The lowest BCUT2D eigenvalue weighted by Crippen LogP contribution is -2.45. The topological polar surface area (TPSA) is 134 Å². The zero-order valence-electron chi connectivity index (χ0n) is 20.0. The third kappa shape index (κ3) is 6.78. The van der Waals surface area contributed by atoms with Gasteiger partial charge in [0, 0.05) is 5.69 Å². The highest BCUT2D eigenvalue weighted by molar-refractivity contribution is 7.92. The maximum atomic E-state index is 13.6. The van der Waals surface area contributed by atoms with Crippen molar-refractivity contribution in [3.63, 3.8) is 0 Å². The van der Waals surface area contributed by atoms with Crippen molar-refractivity contribution in [2.45, 2.75) is 30.2 Å². The Labute approximate surface area is 221 Å². The first-order valence-electron chi connectivity index (χ1n) is 11.4. The van der Waals surface area contributed by atoms with E-state index in [1.807, 2.05) is 6.07 Å². The van der Waals surface area contributed by atoms with Crippen LogP contribution >= 0.6 is 0 Å². The van der Waals surface area contributed by atoms with Crippen molar-refractivity contribution in [1.82, 2.24) is 5.48 Å². The predicted molar refractivity (Wildman–Crippen MR) is 132 cm³/mol. The fourth-order valence-corrected chi connectivity index (χ4v) is 5.37. The van der Waals surface area contributed by atoms with Crippen LogP contribution in [-0.4, -0.2) is 38.2 Å². The van der Waals surface area contributed by atoms with Gasteiger partial charge in [-0.25, -0.2) is 18.7 Å². The Kier molecular flexibility index (Phi) is 7.97. The monoisotopic (exact) mass is 565 g/mol. The van der Waals surface area contributed by atoms with Gasteiger partial charge in [-0.2, -0.15) is 13.2 Å². The number of hydrogen-bond donors (Lipinski definition) is 3. The summed E-state index contributed by atoms with van der Waals surface area (Å²) in [6.45, 7) is -0.370. The molecule has 4 rings (SSSR count). The van der Waals surface area contributed by atoms with Gasteiger partial charge in [0.15, 0.2) is 0 Å². The van der Waals surface area contributed by atoms with Gasteiger partial charge < -0.3 is 9.84 Å². The Morgan fingerprint density at radius 3 is 2.49 bits per heavy atom. The van der Waals surface area contributed by atoms with Gasteiger partial charge in [-0.3, -0.25) is 19.3 Å². The molecule has 0 aromatic heterocycles. The molecule has 3 aromatic rings. The van der Waals surface area contributed by atoms with Crippen LogP contribution in [0.4, 0.5) is 29.3 Å². The van der Waals surface area contributed by atoms with Gasteiger partial charge in [-0.15, -0.1) is 0 Å². The molecule has 10 nitrogen and oxygen atoms in total. The largest absolute Gasteiger partial charge is 0.486 e. The fraction of sp³-hybridized carbons (Fsp3) is 0.200. The second-order valence-corrected chi connectivity index (χ2v) is 10.3. The summed E-state index contributed by atoms with van der Waals surface area (Å²) in [5.74, 6) is -0.643. The van der Waals surface area contributed by atoms with Gasteiger partial charge in [0.1, 0.15) is 11.9 Å². The summed E-state index contributed by atoms with van der Waals surface area (Å²) in [6, 6.07) is 16.0. The van der Waals surface area contributed by atoms with Gasteiger partial charge in [0.25, 0.3) is 10.0 Å². The molecule has 0 bridgehead atoms. The third-order valence-electron chi connectivity index (χ3n) is 5.57. The lowest BCUT2D eigenvalue weighted by molar-refractivity contribution is -0.138. The van der Waals surface area contributed by atoms with E-state index in [0.717, 1.165) is 28.1 Å². The molecule has 0 radical (unpaired) electrons. The van der Waals surface area contributed by atoms with Gasteiger partial charge in [-0.05, 0) is 42.0 Å². The van der Waals surface area contributed by atoms with E-state index in [2.05, 4.69) is 10.8 Å². The fourth-order valence-electron chi connectivity index (χ4n) is 3.83. The van der Waals surface area contributed by atoms with Gasteiger partial charge in [0.05, 0.1) is 35.7 Å². The van der Waals surface area contributed by atoms with Crippen LogP contribution in [0.15, 0.2) is 77.7 Å². The summed E-state index contributed by atoms with van der Waals surface area (Å²) in [6.07, 6.45) is -7.59. The molecule has 2 amide bonds. The number of alkyl halides is 3. The molecule has 1 unspecified atom stereocenters. The Bertz CT molecular complexity index is 1470. The molecule has 39 heavy (non-hydrogen) atoms. The van der Waals surface area contributed by atoms with Crippen LogP contribution < -0.4 is 19.8 Å². The average molecular weight is 566 g/mol. The second-order valence-electron chi connectivity index (χ2n) is 8.42. The molecule has 1 heterocycles. The third-order valence-corrected chi connectivity index (χ3v) is 7.35. The Morgan fingerprint density at radius 1 is 1.05 bits per heavy atom. The molecular formula is C25H22F3N3O7S. The number of benzene rings is 3. The van der Waals surface area contributed by atoms with E-state index in [0.29, 0.717) is 6.07 Å². The molecule has 1 aliphatic rings. The molecule has 3 N–H and O–H groups in total. The van der Waals surface area contributed by atoms with E-state index < -0.39 is 51.3 Å². The molecule has 1 atom stereocenters. The first-order chi connectivity index (χ1) is 18.4. The summed E-state index contributed by atoms with van der Waals surface area (Å²) < 4.78 is 73.5. The number of carboxylic acid groups (broad SMARTS) is 1. The number of ether oxygens (including phenoxy) is 1. The molecule has 1 aliphatic heterocycles. The quantitative estimate of drug-likeness (QED) is 0.345. The van der Waals surface area contributed by atoms with Crippen molar-refractivity contribution in [2.75, 3.05) is 16.2 Å². The Morgan fingerprint density at radius 2 is 1.79 bits per heavy atom. The number of fused-ring (bicyclic) bond motifs is 1. The maximum absolute atomic E-state index is 13.6. The van der Waals surface area contributed by atoms with Crippen molar-refractivity contribution in [3.05, 3.63) is 83.9 Å². The van der Waals surface area contributed by atoms with Crippen molar-refractivity contribution in [2.24, 2.45) is 0 Å². The minimum absolute atomic E-state index is 0.000373. The Hall–Kier alpha value is -4.30.